The van der Waals surface area contributed by atoms with Crippen LogP contribution < -0.4 is 11.1 Å². The second-order valence-corrected chi connectivity index (χ2v) is 6.83. The van der Waals surface area contributed by atoms with Gasteiger partial charge in [0.2, 0.25) is 0 Å². The van der Waals surface area contributed by atoms with Crippen molar-refractivity contribution < 1.29 is 4.79 Å². The first kappa shape index (κ1) is 14.1. The van der Waals surface area contributed by atoms with Gasteiger partial charge in [0, 0.05) is 22.7 Å². The third-order valence-electron chi connectivity index (χ3n) is 2.78. The van der Waals surface area contributed by atoms with E-state index in [4.69, 9.17) is 5.73 Å². The number of nitrogen functional groups attached to an aromatic ring is 1. The molecule has 0 spiro atoms. The van der Waals surface area contributed by atoms with Crippen LogP contribution in [0.15, 0.2) is 34.1 Å². The van der Waals surface area contributed by atoms with E-state index in [1.54, 1.807) is 23.5 Å². The monoisotopic (exact) mass is 338 g/mol. The van der Waals surface area contributed by atoms with E-state index in [-0.39, 0.29) is 5.91 Å². The van der Waals surface area contributed by atoms with Gasteiger partial charge in [-0.05, 0) is 65.2 Å². The number of aryl methyl sites for hydroxylation is 1. The number of benzene rings is 1. The van der Waals surface area contributed by atoms with E-state index in [0.29, 0.717) is 17.8 Å². The van der Waals surface area contributed by atoms with Gasteiger partial charge in [-0.25, -0.2) is 0 Å². The highest BCUT2D eigenvalue weighted by Gasteiger charge is 2.08. The van der Waals surface area contributed by atoms with E-state index in [0.717, 1.165) is 15.8 Å². The van der Waals surface area contributed by atoms with Gasteiger partial charge >= 0.3 is 0 Å². The Hall–Kier alpha value is -1.33. The zero-order valence-electron chi connectivity index (χ0n) is 10.6. The smallest absolute Gasteiger partial charge is 0.251 e. The number of amides is 1. The van der Waals surface area contributed by atoms with E-state index < -0.39 is 0 Å². The van der Waals surface area contributed by atoms with Gasteiger partial charge in [-0.1, -0.05) is 0 Å². The van der Waals surface area contributed by atoms with Gasteiger partial charge in [0.05, 0.1) is 3.79 Å². The molecule has 0 fully saturated rings. The number of anilines is 1. The fraction of sp³-hybridized carbons (Fsp3) is 0.214. The highest BCUT2D eigenvalue weighted by Crippen LogP contribution is 2.22. The van der Waals surface area contributed by atoms with E-state index in [2.05, 4.69) is 27.3 Å². The van der Waals surface area contributed by atoms with Crippen LogP contribution in [-0.2, 0) is 6.42 Å². The van der Waals surface area contributed by atoms with Crippen molar-refractivity contribution in [1.29, 1.82) is 0 Å². The van der Waals surface area contributed by atoms with Crippen LogP contribution in [0.2, 0.25) is 0 Å². The first-order valence-corrected chi connectivity index (χ1v) is 7.56. The Labute approximate surface area is 125 Å². The molecule has 1 amide bonds. The second kappa shape index (κ2) is 6.21. The van der Waals surface area contributed by atoms with Crippen LogP contribution in [0.3, 0.4) is 0 Å². The molecule has 0 radical (unpaired) electrons. The third kappa shape index (κ3) is 3.81. The summed E-state index contributed by atoms with van der Waals surface area (Å²) in [4.78, 5) is 13.3. The number of carbonyl (C=O) groups is 1. The average Bonchev–Trinajstić information content (AvgIpc) is 2.75. The van der Waals surface area contributed by atoms with Crippen molar-refractivity contribution >= 4 is 38.9 Å². The minimum absolute atomic E-state index is 0.0480. The number of halogens is 1. The van der Waals surface area contributed by atoms with Crippen LogP contribution in [0.4, 0.5) is 5.69 Å². The number of hydrogen-bond acceptors (Lipinski definition) is 3. The van der Waals surface area contributed by atoms with Gasteiger partial charge in [0.1, 0.15) is 0 Å². The molecule has 3 nitrogen and oxygen atoms in total. The zero-order chi connectivity index (χ0) is 13.8. The quantitative estimate of drug-likeness (QED) is 0.839. The summed E-state index contributed by atoms with van der Waals surface area (Å²) in [6.45, 7) is 2.53. The fourth-order valence-corrected chi connectivity index (χ4v) is 3.30. The van der Waals surface area contributed by atoms with Crippen molar-refractivity contribution in [3.05, 3.63) is 50.1 Å². The summed E-state index contributed by atoms with van der Waals surface area (Å²) in [5.41, 5.74) is 7.93. The van der Waals surface area contributed by atoms with E-state index in [1.165, 1.54) is 4.88 Å². The van der Waals surface area contributed by atoms with Crippen molar-refractivity contribution in [3.8, 4) is 0 Å². The molecule has 19 heavy (non-hydrogen) atoms. The molecule has 0 saturated heterocycles. The Morgan fingerprint density at radius 1 is 1.37 bits per heavy atom. The first-order chi connectivity index (χ1) is 9.06. The van der Waals surface area contributed by atoms with Crippen molar-refractivity contribution in [3.63, 3.8) is 0 Å². The molecule has 0 aliphatic rings. The predicted octanol–water partition coefficient (Wildman–Crippen LogP) is 3.37. The largest absolute Gasteiger partial charge is 0.399 e. The molecule has 0 aliphatic heterocycles. The maximum Gasteiger partial charge on any atom is 0.251 e. The molecule has 0 saturated carbocycles. The maximum atomic E-state index is 12.0. The summed E-state index contributed by atoms with van der Waals surface area (Å²) in [6, 6.07) is 9.41. The standard InChI is InChI=1S/C14H15BrN2OS/c1-9-8-10(16)2-4-12(9)14(18)17-7-6-11-3-5-13(15)19-11/h2-5,8H,6-7,16H2,1H3,(H,17,18). The van der Waals surface area contributed by atoms with E-state index in [9.17, 15) is 4.79 Å². The van der Waals surface area contributed by atoms with Crippen molar-refractivity contribution in [2.24, 2.45) is 0 Å². The molecule has 0 bridgehead atoms. The summed E-state index contributed by atoms with van der Waals surface area (Å²) in [5.74, 6) is -0.0480. The summed E-state index contributed by atoms with van der Waals surface area (Å²) in [7, 11) is 0. The lowest BCUT2D eigenvalue weighted by Crippen LogP contribution is -2.26. The number of nitrogens with two attached hydrogens (primary N) is 1. The molecule has 3 N–H and O–H groups in total. The lowest BCUT2D eigenvalue weighted by Gasteiger charge is -2.07. The average molecular weight is 339 g/mol. The molecule has 1 aromatic heterocycles. The zero-order valence-corrected chi connectivity index (χ0v) is 13.0. The molecular weight excluding hydrogens is 324 g/mol. The van der Waals surface area contributed by atoms with Gasteiger partial charge in [-0.2, -0.15) is 0 Å². The minimum Gasteiger partial charge on any atom is -0.399 e. The van der Waals surface area contributed by atoms with Gasteiger partial charge in [-0.3, -0.25) is 4.79 Å². The van der Waals surface area contributed by atoms with E-state index in [1.807, 2.05) is 19.1 Å². The van der Waals surface area contributed by atoms with Crippen LogP contribution >= 0.6 is 27.3 Å². The SMILES string of the molecule is Cc1cc(N)ccc1C(=O)NCCc1ccc(Br)s1. The van der Waals surface area contributed by atoms with Crippen molar-refractivity contribution in [2.75, 3.05) is 12.3 Å². The van der Waals surface area contributed by atoms with Gasteiger partial charge in [-0.15, -0.1) is 11.3 Å². The van der Waals surface area contributed by atoms with Crippen molar-refractivity contribution in [1.82, 2.24) is 5.32 Å². The van der Waals surface area contributed by atoms with Gasteiger partial charge in [0.15, 0.2) is 0 Å². The van der Waals surface area contributed by atoms with Gasteiger partial charge < -0.3 is 11.1 Å². The molecule has 1 heterocycles. The van der Waals surface area contributed by atoms with E-state index >= 15 is 0 Å². The summed E-state index contributed by atoms with van der Waals surface area (Å²) in [5, 5.41) is 2.93. The summed E-state index contributed by atoms with van der Waals surface area (Å²) < 4.78 is 1.11. The van der Waals surface area contributed by atoms with Crippen LogP contribution in [0.5, 0.6) is 0 Å². The summed E-state index contributed by atoms with van der Waals surface area (Å²) >= 11 is 5.11. The molecule has 0 unspecified atom stereocenters. The van der Waals surface area contributed by atoms with Crippen LogP contribution in [-0.4, -0.2) is 12.5 Å². The molecular formula is C14H15BrN2OS. The molecule has 5 heteroatoms. The van der Waals surface area contributed by atoms with Crippen LogP contribution in [0, 0.1) is 6.92 Å². The Morgan fingerprint density at radius 3 is 2.79 bits per heavy atom. The Balaban J connectivity index is 1.90. The Bertz CT molecular complexity index is 595. The summed E-state index contributed by atoms with van der Waals surface area (Å²) in [6.07, 6.45) is 0.843. The molecule has 2 rings (SSSR count). The first-order valence-electron chi connectivity index (χ1n) is 5.95. The Kier molecular flexibility index (Phi) is 4.61. The number of carbonyl (C=O) groups excluding carboxylic acids is 1. The molecule has 100 valence electrons. The molecule has 1 aromatic carbocycles. The Morgan fingerprint density at radius 2 is 2.16 bits per heavy atom. The highest BCUT2D eigenvalue weighted by molar-refractivity contribution is 9.11. The number of hydrogen-bond donors (Lipinski definition) is 2. The van der Waals surface area contributed by atoms with Gasteiger partial charge in [0.25, 0.3) is 5.91 Å². The molecule has 0 atom stereocenters. The second-order valence-electron chi connectivity index (χ2n) is 4.29. The fourth-order valence-electron chi connectivity index (χ4n) is 1.82. The number of nitrogens with one attached hydrogen (secondary N) is 1. The molecule has 2 aromatic rings. The van der Waals surface area contributed by atoms with Crippen molar-refractivity contribution in [2.45, 2.75) is 13.3 Å². The number of rotatable bonds is 4. The predicted molar refractivity (Wildman–Crippen MR) is 83.6 cm³/mol. The normalized spacial score (nSPS) is 10.4. The lowest BCUT2D eigenvalue weighted by molar-refractivity contribution is 0.0953. The lowest BCUT2D eigenvalue weighted by atomic mass is 10.1. The minimum atomic E-state index is -0.0480. The van der Waals surface area contributed by atoms with Crippen LogP contribution in [0.1, 0.15) is 20.8 Å². The number of thiophene rings is 1. The topological polar surface area (TPSA) is 55.1 Å². The third-order valence-corrected chi connectivity index (χ3v) is 4.46. The highest BCUT2D eigenvalue weighted by atomic mass is 79.9. The van der Waals surface area contributed by atoms with Crippen LogP contribution in [0.25, 0.3) is 0 Å². The maximum absolute atomic E-state index is 12.0. The molecule has 0 aliphatic carbocycles.